The van der Waals surface area contributed by atoms with Crippen molar-refractivity contribution in [1.82, 2.24) is 10.2 Å². The van der Waals surface area contributed by atoms with E-state index in [0.29, 0.717) is 11.5 Å². The summed E-state index contributed by atoms with van der Waals surface area (Å²) in [5, 5.41) is 13.0. The van der Waals surface area contributed by atoms with Crippen molar-refractivity contribution in [3.05, 3.63) is 0 Å². The van der Waals surface area contributed by atoms with Crippen LogP contribution in [0, 0.1) is 5.41 Å². The van der Waals surface area contributed by atoms with E-state index in [2.05, 4.69) is 17.1 Å². The molecule has 0 radical (unpaired) electrons. The molecule has 2 rings (SSSR count). The van der Waals surface area contributed by atoms with E-state index in [1.165, 1.54) is 25.7 Å². The molecule has 0 atom stereocenters. The lowest BCUT2D eigenvalue weighted by atomic mass is 9.79. The van der Waals surface area contributed by atoms with Crippen molar-refractivity contribution >= 4 is 0 Å². The Labute approximate surface area is 123 Å². The highest BCUT2D eigenvalue weighted by atomic mass is 16.5. The van der Waals surface area contributed by atoms with Crippen LogP contribution in [0.3, 0.4) is 0 Å². The zero-order valence-electron chi connectivity index (χ0n) is 13.1. The van der Waals surface area contributed by atoms with Crippen molar-refractivity contribution < 1.29 is 9.84 Å². The van der Waals surface area contributed by atoms with Gasteiger partial charge in [0, 0.05) is 38.9 Å². The second-order valence-electron chi connectivity index (χ2n) is 6.53. The summed E-state index contributed by atoms with van der Waals surface area (Å²) in [4.78, 5) is 2.57. The standard InChI is InChI=1S/C16H32N2O2/c1-2-17-13-16(7-11-20-12-8-16)14-18(9-10-19)15-5-3-4-6-15/h15,17,19H,2-14H2,1H3. The fourth-order valence-corrected chi connectivity index (χ4v) is 3.80. The molecule has 2 aliphatic rings. The number of ether oxygens (including phenoxy) is 1. The molecule has 1 saturated carbocycles. The highest BCUT2D eigenvalue weighted by Crippen LogP contribution is 2.33. The van der Waals surface area contributed by atoms with E-state index in [1.54, 1.807) is 0 Å². The second kappa shape index (κ2) is 8.32. The molecule has 1 saturated heterocycles. The fraction of sp³-hybridized carbons (Fsp3) is 1.00. The maximum absolute atomic E-state index is 9.40. The molecular weight excluding hydrogens is 252 g/mol. The number of rotatable bonds is 8. The van der Waals surface area contributed by atoms with Gasteiger partial charge in [-0.1, -0.05) is 19.8 Å². The summed E-state index contributed by atoms with van der Waals surface area (Å²) in [6.07, 6.45) is 7.64. The van der Waals surface area contributed by atoms with E-state index in [9.17, 15) is 5.11 Å². The van der Waals surface area contributed by atoms with Crippen LogP contribution in [0.4, 0.5) is 0 Å². The van der Waals surface area contributed by atoms with Gasteiger partial charge in [0.25, 0.3) is 0 Å². The van der Waals surface area contributed by atoms with Crippen molar-refractivity contribution in [1.29, 1.82) is 0 Å². The third-order valence-corrected chi connectivity index (χ3v) is 5.07. The smallest absolute Gasteiger partial charge is 0.0558 e. The van der Waals surface area contributed by atoms with Crippen molar-refractivity contribution in [3.8, 4) is 0 Å². The number of nitrogens with zero attached hydrogens (tertiary/aromatic N) is 1. The zero-order valence-corrected chi connectivity index (χ0v) is 13.1. The third-order valence-electron chi connectivity index (χ3n) is 5.07. The summed E-state index contributed by atoms with van der Waals surface area (Å²) in [5.74, 6) is 0. The molecule has 2 N–H and O–H groups in total. The molecule has 2 fully saturated rings. The van der Waals surface area contributed by atoms with Crippen molar-refractivity contribution in [3.63, 3.8) is 0 Å². The maximum Gasteiger partial charge on any atom is 0.0558 e. The average Bonchev–Trinajstić information content (AvgIpc) is 3.00. The summed E-state index contributed by atoms with van der Waals surface area (Å²) < 4.78 is 5.58. The SMILES string of the molecule is CCNCC1(CN(CCO)C2CCCC2)CCOCC1. The van der Waals surface area contributed by atoms with Crippen LogP contribution in [0.15, 0.2) is 0 Å². The van der Waals surface area contributed by atoms with Crippen molar-refractivity contribution in [2.24, 2.45) is 5.41 Å². The van der Waals surface area contributed by atoms with E-state index in [1.807, 2.05) is 0 Å². The van der Waals surface area contributed by atoms with E-state index in [0.717, 1.165) is 52.2 Å². The first-order chi connectivity index (χ1) is 9.79. The molecule has 1 aliphatic carbocycles. The van der Waals surface area contributed by atoms with E-state index in [4.69, 9.17) is 4.74 Å². The number of hydrogen-bond donors (Lipinski definition) is 2. The normalized spacial score (nSPS) is 23.6. The summed E-state index contributed by atoms with van der Waals surface area (Å²) >= 11 is 0. The monoisotopic (exact) mass is 284 g/mol. The van der Waals surface area contributed by atoms with E-state index < -0.39 is 0 Å². The van der Waals surface area contributed by atoms with Crippen molar-refractivity contribution in [2.45, 2.75) is 51.5 Å². The summed E-state index contributed by atoms with van der Waals surface area (Å²) in [5.41, 5.74) is 0.339. The molecule has 4 nitrogen and oxygen atoms in total. The van der Waals surface area contributed by atoms with Crippen LogP contribution in [-0.4, -0.2) is 62.0 Å². The first-order valence-corrected chi connectivity index (χ1v) is 8.43. The number of nitrogens with one attached hydrogen (secondary N) is 1. The zero-order chi connectivity index (χ0) is 14.3. The second-order valence-corrected chi connectivity index (χ2v) is 6.53. The van der Waals surface area contributed by atoms with Gasteiger partial charge in [-0.05, 0) is 37.6 Å². The van der Waals surface area contributed by atoms with E-state index >= 15 is 0 Å². The lowest BCUT2D eigenvalue weighted by molar-refractivity contribution is -0.0141. The van der Waals surface area contributed by atoms with Gasteiger partial charge >= 0.3 is 0 Å². The number of aliphatic hydroxyl groups is 1. The van der Waals surface area contributed by atoms with Crippen LogP contribution in [0.25, 0.3) is 0 Å². The first kappa shape index (κ1) is 16.2. The van der Waals surface area contributed by atoms with Crippen LogP contribution < -0.4 is 5.32 Å². The fourth-order valence-electron chi connectivity index (χ4n) is 3.80. The largest absolute Gasteiger partial charge is 0.395 e. The Hall–Kier alpha value is -0.160. The highest BCUT2D eigenvalue weighted by molar-refractivity contribution is 4.90. The molecule has 0 aromatic rings. The van der Waals surface area contributed by atoms with Gasteiger partial charge in [0.15, 0.2) is 0 Å². The Morgan fingerprint density at radius 3 is 2.55 bits per heavy atom. The van der Waals surface area contributed by atoms with Crippen LogP contribution >= 0.6 is 0 Å². The number of aliphatic hydroxyl groups excluding tert-OH is 1. The molecule has 0 spiro atoms. The Bertz CT molecular complexity index is 261. The minimum Gasteiger partial charge on any atom is -0.395 e. The highest BCUT2D eigenvalue weighted by Gasteiger charge is 2.36. The molecule has 118 valence electrons. The van der Waals surface area contributed by atoms with Crippen LogP contribution in [0.5, 0.6) is 0 Å². The summed E-state index contributed by atoms with van der Waals surface area (Å²) in [6.45, 7) is 8.31. The lowest BCUT2D eigenvalue weighted by Gasteiger charge is -2.43. The molecular formula is C16H32N2O2. The summed E-state index contributed by atoms with van der Waals surface area (Å²) in [7, 11) is 0. The number of hydrogen-bond acceptors (Lipinski definition) is 4. The van der Waals surface area contributed by atoms with Gasteiger partial charge in [-0.25, -0.2) is 0 Å². The molecule has 4 heteroatoms. The minimum atomic E-state index is 0.282. The summed E-state index contributed by atoms with van der Waals surface area (Å²) in [6, 6.07) is 0.698. The van der Waals surface area contributed by atoms with E-state index in [-0.39, 0.29) is 6.61 Å². The Kier molecular flexibility index (Phi) is 6.75. The molecule has 1 heterocycles. The Morgan fingerprint density at radius 2 is 1.95 bits per heavy atom. The maximum atomic E-state index is 9.40. The molecule has 0 unspecified atom stereocenters. The predicted molar refractivity (Wildman–Crippen MR) is 81.9 cm³/mol. The Balaban J connectivity index is 1.98. The molecule has 0 bridgehead atoms. The minimum absolute atomic E-state index is 0.282. The lowest BCUT2D eigenvalue weighted by Crippen LogP contribution is -2.50. The van der Waals surface area contributed by atoms with Gasteiger partial charge in [0.2, 0.25) is 0 Å². The first-order valence-electron chi connectivity index (χ1n) is 8.43. The average molecular weight is 284 g/mol. The van der Waals surface area contributed by atoms with Gasteiger partial charge in [-0.15, -0.1) is 0 Å². The quantitative estimate of drug-likeness (QED) is 0.711. The topological polar surface area (TPSA) is 44.7 Å². The third kappa shape index (κ3) is 4.42. The van der Waals surface area contributed by atoms with Crippen LogP contribution in [-0.2, 0) is 4.74 Å². The van der Waals surface area contributed by atoms with Gasteiger partial charge in [-0.3, -0.25) is 4.90 Å². The van der Waals surface area contributed by atoms with Gasteiger partial charge < -0.3 is 15.2 Å². The van der Waals surface area contributed by atoms with Gasteiger partial charge in [0.1, 0.15) is 0 Å². The van der Waals surface area contributed by atoms with Gasteiger partial charge in [0.05, 0.1) is 6.61 Å². The molecule has 20 heavy (non-hydrogen) atoms. The molecule has 0 aromatic heterocycles. The van der Waals surface area contributed by atoms with Crippen molar-refractivity contribution in [2.75, 3.05) is 46.0 Å². The van der Waals surface area contributed by atoms with Gasteiger partial charge in [-0.2, -0.15) is 0 Å². The molecule has 0 amide bonds. The predicted octanol–water partition coefficient (Wildman–Crippen LogP) is 1.63. The molecule has 1 aliphatic heterocycles. The molecule has 0 aromatic carbocycles. The Morgan fingerprint density at radius 1 is 1.25 bits per heavy atom. The van der Waals surface area contributed by atoms with Crippen LogP contribution in [0.2, 0.25) is 0 Å². The van der Waals surface area contributed by atoms with Crippen LogP contribution in [0.1, 0.15) is 45.4 Å².